The number of hydrogen-bond donors (Lipinski definition) is 0. The zero-order chi connectivity index (χ0) is 16.0. The van der Waals surface area contributed by atoms with Gasteiger partial charge in [0.15, 0.2) is 5.78 Å². The first kappa shape index (κ1) is 14.5. The lowest BCUT2D eigenvalue weighted by molar-refractivity contribution is 0.0593. The molecule has 23 heavy (non-hydrogen) atoms. The molecule has 2 aromatic rings. The Morgan fingerprint density at radius 1 is 1.13 bits per heavy atom. The summed E-state index contributed by atoms with van der Waals surface area (Å²) in [5.74, 6) is 1.13. The molecule has 0 amide bonds. The molecule has 2 aliphatic rings. The van der Waals surface area contributed by atoms with Gasteiger partial charge in [0, 0.05) is 19.0 Å². The fraction of sp³-hybridized carbons (Fsp3) is 0.350. The third-order valence-corrected chi connectivity index (χ3v) is 5.26. The first-order chi connectivity index (χ1) is 11.1. The van der Waals surface area contributed by atoms with Crippen LogP contribution in [0.15, 0.2) is 48.5 Å². The zero-order valence-corrected chi connectivity index (χ0v) is 13.6. The molecule has 118 valence electrons. The molecule has 2 heterocycles. The highest BCUT2D eigenvalue weighted by molar-refractivity contribution is 6.04. The summed E-state index contributed by atoms with van der Waals surface area (Å²) in [7, 11) is 2.09. The minimum absolute atomic E-state index is 0.175. The Bertz CT molecular complexity index is 752. The van der Waals surface area contributed by atoms with Crippen LogP contribution >= 0.6 is 0 Å². The van der Waals surface area contributed by atoms with E-state index >= 15 is 0 Å². The van der Waals surface area contributed by atoms with Gasteiger partial charge >= 0.3 is 0 Å². The Morgan fingerprint density at radius 2 is 1.87 bits per heavy atom. The van der Waals surface area contributed by atoms with Gasteiger partial charge in [-0.2, -0.15) is 0 Å². The summed E-state index contributed by atoms with van der Waals surface area (Å²) in [6, 6.07) is 16.2. The van der Waals surface area contributed by atoms with Crippen LogP contribution in [0, 0.1) is 12.3 Å². The number of aryl methyl sites for hydroxylation is 1. The van der Waals surface area contributed by atoms with E-state index in [4.69, 9.17) is 4.74 Å². The Kier molecular flexibility index (Phi) is 3.27. The van der Waals surface area contributed by atoms with Crippen LogP contribution in [0.4, 0.5) is 0 Å². The maximum Gasteiger partial charge on any atom is 0.178 e. The van der Waals surface area contributed by atoms with E-state index in [1.54, 1.807) is 0 Å². The number of hydrogen-bond acceptors (Lipinski definition) is 3. The molecule has 3 heteroatoms. The normalized spacial score (nSPS) is 27.0. The largest absolute Gasteiger partial charge is 0.492 e. The molecule has 0 aliphatic carbocycles. The molecule has 4 rings (SSSR count). The highest BCUT2D eigenvalue weighted by Crippen LogP contribution is 2.48. The zero-order valence-electron chi connectivity index (χ0n) is 13.6. The molecular weight excluding hydrogens is 286 g/mol. The van der Waals surface area contributed by atoms with Gasteiger partial charge in [0.05, 0.1) is 11.0 Å². The molecule has 1 fully saturated rings. The number of Topliss-reactive ketones (excluding diaryl/α,β-unsaturated/α-hetero) is 1. The molecule has 0 bridgehead atoms. The van der Waals surface area contributed by atoms with E-state index in [1.807, 2.05) is 24.3 Å². The van der Waals surface area contributed by atoms with Gasteiger partial charge in [-0.25, -0.2) is 0 Å². The van der Waals surface area contributed by atoms with Gasteiger partial charge in [-0.3, -0.25) is 4.79 Å². The number of nitrogens with zero attached hydrogens (tertiary/aromatic N) is 1. The molecule has 0 radical (unpaired) electrons. The summed E-state index contributed by atoms with van der Waals surface area (Å²) < 4.78 is 6.01. The first-order valence-corrected chi connectivity index (χ1v) is 8.12. The Balaban J connectivity index is 1.79. The van der Waals surface area contributed by atoms with Crippen molar-refractivity contribution in [3.63, 3.8) is 0 Å². The maximum absolute atomic E-state index is 13.3. The van der Waals surface area contributed by atoms with Crippen molar-refractivity contribution < 1.29 is 9.53 Å². The van der Waals surface area contributed by atoms with E-state index in [0.717, 1.165) is 24.4 Å². The van der Waals surface area contributed by atoms with Crippen molar-refractivity contribution >= 4 is 5.78 Å². The van der Waals surface area contributed by atoms with E-state index in [2.05, 4.69) is 43.1 Å². The number of likely N-dealkylation sites (N-methyl/N-ethyl adjacent to an activating group) is 1. The van der Waals surface area contributed by atoms with Crippen LogP contribution in [0.1, 0.15) is 27.4 Å². The predicted octanol–water partition coefficient (Wildman–Crippen LogP) is 3.29. The molecular formula is C20H21NO2. The van der Waals surface area contributed by atoms with Crippen molar-refractivity contribution in [2.24, 2.45) is 5.41 Å². The standard InChI is InChI=1S/C20H21NO2/c1-14-7-9-15(10-8-14)17-11-21(2)12-20(17)13-23-18-6-4-3-5-16(18)19(20)22/h3-10,17H,11-13H2,1-2H3/t17-,20+/m1/s1. The van der Waals surface area contributed by atoms with Crippen LogP contribution < -0.4 is 4.74 Å². The molecule has 3 nitrogen and oxygen atoms in total. The van der Waals surface area contributed by atoms with Crippen molar-refractivity contribution in [3.8, 4) is 5.75 Å². The summed E-state index contributed by atoms with van der Waals surface area (Å²) in [4.78, 5) is 15.6. The number of carbonyl (C=O) groups excluding carboxylic acids is 1. The van der Waals surface area contributed by atoms with Gasteiger partial charge < -0.3 is 9.64 Å². The molecule has 1 spiro atoms. The number of benzene rings is 2. The fourth-order valence-corrected chi connectivity index (χ4v) is 4.06. The Morgan fingerprint density at radius 3 is 2.65 bits per heavy atom. The number of ether oxygens (including phenoxy) is 1. The quantitative estimate of drug-likeness (QED) is 0.810. The highest BCUT2D eigenvalue weighted by atomic mass is 16.5. The van der Waals surface area contributed by atoms with E-state index in [-0.39, 0.29) is 11.7 Å². The molecule has 2 aromatic carbocycles. The van der Waals surface area contributed by atoms with Crippen LogP contribution in [0.2, 0.25) is 0 Å². The fourth-order valence-electron chi connectivity index (χ4n) is 4.06. The minimum atomic E-state index is -0.474. The third kappa shape index (κ3) is 2.19. The smallest absolute Gasteiger partial charge is 0.178 e. The van der Waals surface area contributed by atoms with E-state index < -0.39 is 5.41 Å². The second kappa shape index (κ2) is 5.20. The number of fused-ring (bicyclic) bond motifs is 1. The third-order valence-electron chi connectivity index (χ3n) is 5.26. The van der Waals surface area contributed by atoms with Crippen LogP contribution in [0.5, 0.6) is 5.75 Å². The molecule has 2 aliphatic heterocycles. The van der Waals surface area contributed by atoms with Crippen molar-refractivity contribution in [2.75, 3.05) is 26.7 Å². The summed E-state index contributed by atoms with van der Waals surface area (Å²) in [5, 5.41) is 0. The maximum atomic E-state index is 13.3. The van der Waals surface area contributed by atoms with E-state index in [1.165, 1.54) is 11.1 Å². The van der Waals surface area contributed by atoms with Gasteiger partial charge in [0.25, 0.3) is 0 Å². The summed E-state index contributed by atoms with van der Waals surface area (Å²) in [5.41, 5.74) is 2.73. The Labute approximate surface area is 136 Å². The first-order valence-electron chi connectivity index (χ1n) is 8.12. The molecule has 0 aromatic heterocycles. The number of likely N-dealkylation sites (tertiary alicyclic amines) is 1. The molecule has 0 unspecified atom stereocenters. The van der Waals surface area contributed by atoms with Gasteiger partial charge in [0.2, 0.25) is 0 Å². The van der Waals surface area contributed by atoms with Gasteiger partial charge in [-0.1, -0.05) is 42.0 Å². The second-order valence-corrected chi connectivity index (χ2v) is 6.93. The molecule has 1 saturated heterocycles. The van der Waals surface area contributed by atoms with Crippen LogP contribution in [-0.4, -0.2) is 37.4 Å². The van der Waals surface area contributed by atoms with Gasteiger partial charge in [-0.05, 0) is 31.7 Å². The summed E-state index contributed by atoms with van der Waals surface area (Å²) in [6.45, 7) is 4.19. The average molecular weight is 307 g/mol. The number of ketones is 1. The van der Waals surface area contributed by atoms with Crippen LogP contribution in [0.25, 0.3) is 0 Å². The van der Waals surface area contributed by atoms with E-state index in [0.29, 0.717) is 6.61 Å². The van der Waals surface area contributed by atoms with Gasteiger partial charge in [-0.15, -0.1) is 0 Å². The topological polar surface area (TPSA) is 29.5 Å². The lowest BCUT2D eigenvalue weighted by atomic mass is 9.69. The average Bonchev–Trinajstić information content (AvgIpc) is 2.90. The second-order valence-electron chi connectivity index (χ2n) is 6.93. The van der Waals surface area contributed by atoms with Crippen molar-refractivity contribution in [1.29, 1.82) is 0 Å². The highest BCUT2D eigenvalue weighted by Gasteiger charge is 2.54. The minimum Gasteiger partial charge on any atom is -0.492 e. The van der Waals surface area contributed by atoms with Crippen molar-refractivity contribution in [3.05, 3.63) is 65.2 Å². The molecule has 2 atom stereocenters. The van der Waals surface area contributed by atoms with Crippen molar-refractivity contribution in [1.82, 2.24) is 4.90 Å². The van der Waals surface area contributed by atoms with E-state index in [9.17, 15) is 4.79 Å². The number of rotatable bonds is 1. The summed E-state index contributed by atoms with van der Waals surface area (Å²) in [6.07, 6.45) is 0. The molecule has 0 N–H and O–H groups in total. The van der Waals surface area contributed by atoms with Gasteiger partial charge in [0.1, 0.15) is 12.4 Å². The Hall–Kier alpha value is -2.13. The lowest BCUT2D eigenvalue weighted by Gasteiger charge is -2.37. The van der Waals surface area contributed by atoms with Crippen LogP contribution in [0.3, 0.4) is 0 Å². The summed E-state index contributed by atoms with van der Waals surface area (Å²) >= 11 is 0. The predicted molar refractivity (Wildman–Crippen MR) is 90.1 cm³/mol. The lowest BCUT2D eigenvalue weighted by Crippen LogP contribution is -2.46. The SMILES string of the molecule is Cc1ccc([C@H]2CN(C)C[C@]23COc2ccccc2C3=O)cc1. The molecule has 0 saturated carbocycles. The van der Waals surface area contributed by atoms with Crippen LogP contribution in [-0.2, 0) is 0 Å². The van der Waals surface area contributed by atoms with Crippen molar-refractivity contribution in [2.45, 2.75) is 12.8 Å². The number of para-hydroxylation sites is 1. The number of carbonyl (C=O) groups is 1. The monoisotopic (exact) mass is 307 g/mol.